The second-order valence-corrected chi connectivity index (χ2v) is 12.0. The molecule has 0 saturated carbocycles. The summed E-state index contributed by atoms with van der Waals surface area (Å²) in [6.45, 7) is 1.79. The molecule has 0 aromatic heterocycles. The highest BCUT2D eigenvalue weighted by Gasteiger charge is 2.34. The molecule has 0 aliphatic carbocycles. The molecule has 45 heavy (non-hydrogen) atoms. The average molecular weight is 609 g/mol. The lowest BCUT2D eigenvalue weighted by Crippen LogP contribution is -2.34. The van der Waals surface area contributed by atoms with Gasteiger partial charge in [-0.25, -0.2) is 0 Å². The summed E-state index contributed by atoms with van der Waals surface area (Å²) in [4.78, 5) is 2.38. The number of rotatable bonds is 4. The maximum absolute atomic E-state index is 6.98. The SMILES string of the molecule is COc1ccc2cc1Oc1ccc(cc1)C[C@@H]1NCCc3cc(OC)c(cc31)Oc1c(OC)c(OC)cc3c1[C@@H](C2)N(C)CC3. The first-order valence-electron chi connectivity index (χ1n) is 15.5. The minimum atomic E-state index is 0.000931. The molecule has 0 fully saturated rings. The van der Waals surface area contributed by atoms with Gasteiger partial charge in [0, 0.05) is 24.2 Å². The van der Waals surface area contributed by atoms with E-state index in [1.165, 1.54) is 22.3 Å². The molecule has 8 rings (SSSR count). The predicted molar refractivity (Wildman–Crippen MR) is 173 cm³/mol. The van der Waals surface area contributed by atoms with Crippen molar-refractivity contribution in [1.29, 1.82) is 0 Å². The molecule has 6 bridgehead atoms. The van der Waals surface area contributed by atoms with Crippen LogP contribution in [0.25, 0.3) is 0 Å². The van der Waals surface area contributed by atoms with E-state index in [0.29, 0.717) is 40.2 Å². The molecule has 2 atom stereocenters. The van der Waals surface area contributed by atoms with Crippen LogP contribution in [0.4, 0.5) is 0 Å². The number of fused-ring (bicyclic) bond motifs is 2. The van der Waals surface area contributed by atoms with Gasteiger partial charge < -0.3 is 33.7 Å². The zero-order chi connectivity index (χ0) is 31.1. The Hall–Kier alpha value is -4.40. The van der Waals surface area contributed by atoms with Crippen molar-refractivity contribution in [2.45, 2.75) is 37.8 Å². The summed E-state index contributed by atoms with van der Waals surface area (Å²) < 4.78 is 36.9. The van der Waals surface area contributed by atoms with Crippen molar-refractivity contribution in [2.24, 2.45) is 0 Å². The van der Waals surface area contributed by atoms with Gasteiger partial charge in [0.15, 0.2) is 34.5 Å². The van der Waals surface area contributed by atoms with E-state index < -0.39 is 0 Å². The topological polar surface area (TPSA) is 70.7 Å². The first kappa shape index (κ1) is 29.3. The molecule has 0 saturated heterocycles. The van der Waals surface area contributed by atoms with Gasteiger partial charge in [-0.05, 0) is 110 Å². The van der Waals surface area contributed by atoms with Crippen LogP contribution in [-0.4, -0.2) is 53.5 Å². The number of hydrogen-bond acceptors (Lipinski definition) is 8. The minimum absolute atomic E-state index is 0.000931. The van der Waals surface area contributed by atoms with Crippen LogP contribution in [0.1, 0.15) is 45.5 Å². The molecule has 0 amide bonds. The quantitative estimate of drug-likeness (QED) is 0.271. The van der Waals surface area contributed by atoms with Gasteiger partial charge in [-0.15, -0.1) is 0 Å². The van der Waals surface area contributed by atoms with E-state index in [2.05, 4.69) is 59.7 Å². The Balaban J connectivity index is 1.46. The predicted octanol–water partition coefficient (Wildman–Crippen LogP) is 6.82. The summed E-state index contributed by atoms with van der Waals surface area (Å²) in [5.41, 5.74) is 7.07. The molecule has 4 aliphatic heterocycles. The van der Waals surface area contributed by atoms with Crippen LogP contribution in [-0.2, 0) is 25.7 Å². The Morgan fingerprint density at radius 3 is 2.20 bits per heavy atom. The van der Waals surface area contributed by atoms with Crippen molar-refractivity contribution in [3.63, 3.8) is 0 Å². The lowest BCUT2D eigenvalue weighted by molar-refractivity contribution is 0.221. The minimum Gasteiger partial charge on any atom is -0.493 e. The van der Waals surface area contributed by atoms with Crippen LogP contribution in [0, 0.1) is 0 Å². The molecule has 4 aromatic rings. The van der Waals surface area contributed by atoms with E-state index in [0.717, 1.165) is 55.6 Å². The standard InChI is InChI=1S/C37H40N2O6/c1-39-15-13-25-20-34(42-4)36(43-5)37-35(25)29(39)17-23-8-11-30(40-2)32(18-23)44-26-9-6-22(7-10-26)16-28-27-21-33(45-37)31(41-3)19-24(27)12-14-38-28/h6-11,18-21,28-29,38H,12-17H2,1-5H3/t28-,29+/m0/s1. The highest BCUT2D eigenvalue weighted by molar-refractivity contribution is 5.64. The summed E-state index contributed by atoms with van der Waals surface area (Å²) in [7, 11) is 8.88. The van der Waals surface area contributed by atoms with Crippen molar-refractivity contribution in [2.75, 3.05) is 48.6 Å². The van der Waals surface area contributed by atoms with Crippen molar-refractivity contribution >= 4 is 0 Å². The summed E-state index contributed by atoms with van der Waals surface area (Å²) in [6.07, 6.45) is 3.32. The molecule has 8 nitrogen and oxygen atoms in total. The Bertz CT molecular complexity index is 1720. The monoisotopic (exact) mass is 608 g/mol. The molecule has 4 aromatic carbocycles. The molecule has 234 valence electrons. The third kappa shape index (κ3) is 5.42. The van der Waals surface area contributed by atoms with E-state index in [1.807, 2.05) is 18.2 Å². The second-order valence-electron chi connectivity index (χ2n) is 12.0. The fraction of sp³-hybridized carbons (Fsp3) is 0.351. The van der Waals surface area contributed by atoms with Gasteiger partial charge in [0.1, 0.15) is 5.75 Å². The second kappa shape index (κ2) is 12.2. The third-order valence-electron chi connectivity index (χ3n) is 9.40. The van der Waals surface area contributed by atoms with Crippen LogP contribution < -0.4 is 33.7 Å². The Labute approximate surface area is 264 Å². The molecule has 4 aliphatic rings. The molecule has 0 unspecified atom stereocenters. The lowest BCUT2D eigenvalue weighted by atomic mass is 9.87. The number of ether oxygens (including phenoxy) is 6. The molecular weight excluding hydrogens is 568 g/mol. The van der Waals surface area contributed by atoms with Gasteiger partial charge in [-0.3, -0.25) is 4.90 Å². The lowest BCUT2D eigenvalue weighted by Gasteiger charge is -2.37. The van der Waals surface area contributed by atoms with Crippen LogP contribution >= 0.6 is 0 Å². The summed E-state index contributed by atoms with van der Waals surface area (Å²) in [5.74, 6) is 5.37. The van der Waals surface area contributed by atoms with E-state index in [4.69, 9.17) is 28.4 Å². The Kier molecular flexibility index (Phi) is 7.94. The van der Waals surface area contributed by atoms with Crippen molar-refractivity contribution < 1.29 is 28.4 Å². The molecule has 0 spiro atoms. The molecule has 0 radical (unpaired) electrons. The van der Waals surface area contributed by atoms with Gasteiger partial charge >= 0.3 is 0 Å². The molecule has 4 heterocycles. The van der Waals surface area contributed by atoms with Gasteiger partial charge in [0.2, 0.25) is 5.75 Å². The zero-order valence-electron chi connectivity index (χ0n) is 26.6. The number of benzene rings is 4. The number of nitrogens with zero attached hydrogens (tertiary/aromatic N) is 1. The van der Waals surface area contributed by atoms with E-state index >= 15 is 0 Å². The molecule has 1 N–H and O–H groups in total. The largest absolute Gasteiger partial charge is 0.493 e. The van der Waals surface area contributed by atoms with Gasteiger partial charge in [-0.2, -0.15) is 0 Å². The summed E-state index contributed by atoms with van der Waals surface area (Å²) in [5, 5.41) is 3.74. The first-order chi connectivity index (χ1) is 22.0. The van der Waals surface area contributed by atoms with Crippen LogP contribution in [0.3, 0.4) is 0 Å². The van der Waals surface area contributed by atoms with Gasteiger partial charge in [0.05, 0.1) is 28.4 Å². The van der Waals surface area contributed by atoms with Crippen LogP contribution in [0.15, 0.2) is 60.7 Å². The molecule has 8 heteroatoms. The fourth-order valence-corrected chi connectivity index (χ4v) is 7.02. The third-order valence-corrected chi connectivity index (χ3v) is 9.40. The molecular formula is C37H40N2O6. The highest BCUT2D eigenvalue weighted by Crippen LogP contribution is 2.51. The number of likely N-dealkylation sites (N-methyl/N-ethyl adjacent to an activating group) is 1. The normalized spacial score (nSPS) is 18.9. The maximum Gasteiger partial charge on any atom is 0.204 e. The Morgan fingerprint density at radius 2 is 1.44 bits per heavy atom. The Morgan fingerprint density at radius 1 is 0.711 bits per heavy atom. The van der Waals surface area contributed by atoms with Crippen molar-refractivity contribution in [1.82, 2.24) is 10.2 Å². The highest BCUT2D eigenvalue weighted by atomic mass is 16.5. The fourth-order valence-electron chi connectivity index (χ4n) is 7.02. The van der Waals surface area contributed by atoms with Crippen molar-refractivity contribution in [3.8, 4) is 46.0 Å². The number of methoxy groups -OCH3 is 4. The first-order valence-corrected chi connectivity index (χ1v) is 15.5. The maximum atomic E-state index is 6.98. The van der Waals surface area contributed by atoms with Gasteiger partial charge in [0.25, 0.3) is 0 Å². The number of nitrogens with one attached hydrogen (secondary N) is 1. The van der Waals surface area contributed by atoms with Gasteiger partial charge in [-0.1, -0.05) is 18.2 Å². The van der Waals surface area contributed by atoms with E-state index in [-0.39, 0.29) is 12.1 Å². The van der Waals surface area contributed by atoms with Crippen LogP contribution in [0.2, 0.25) is 0 Å². The van der Waals surface area contributed by atoms with E-state index in [9.17, 15) is 0 Å². The van der Waals surface area contributed by atoms with E-state index in [1.54, 1.807) is 28.4 Å². The average Bonchev–Trinajstić information content (AvgIpc) is 3.06. The smallest absolute Gasteiger partial charge is 0.204 e. The van der Waals surface area contributed by atoms with Crippen molar-refractivity contribution in [3.05, 3.63) is 94.0 Å². The van der Waals surface area contributed by atoms with Crippen LogP contribution in [0.5, 0.6) is 46.0 Å². The number of hydrogen-bond donors (Lipinski definition) is 1. The zero-order valence-corrected chi connectivity index (χ0v) is 26.6. The summed E-state index contributed by atoms with van der Waals surface area (Å²) >= 11 is 0. The summed E-state index contributed by atoms with van der Waals surface area (Å²) in [6, 6.07) is 21.0.